The number of ether oxygens (including phenoxy) is 1. The molecule has 1 amide bonds. The van der Waals surface area contributed by atoms with Crippen molar-refractivity contribution in [3.8, 4) is 5.75 Å². The summed E-state index contributed by atoms with van der Waals surface area (Å²) in [5.74, 6) is 0.853. The standard InChI is InChI=1S/C14H17N3O2S/c1-9(2)11-6-4-5-7-12(11)19-8-13(18)15-14-17-16-10(3)20-14/h4-7,9H,8H2,1-3H3,(H,15,17,18). The van der Waals surface area contributed by atoms with Crippen LogP contribution in [0.2, 0.25) is 0 Å². The first-order valence-electron chi connectivity index (χ1n) is 6.38. The molecular formula is C14H17N3O2S. The Balaban J connectivity index is 1.93. The van der Waals surface area contributed by atoms with Crippen LogP contribution in [0, 0.1) is 6.92 Å². The highest BCUT2D eigenvalue weighted by molar-refractivity contribution is 7.15. The molecule has 0 aliphatic carbocycles. The molecule has 0 spiro atoms. The number of hydrogen-bond donors (Lipinski definition) is 1. The summed E-state index contributed by atoms with van der Waals surface area (Å²) in [7, 11) is 0. The first-order chi connectivity index (χ1) is 9.56. The van der Waals surface area contributed by atoms with Crippen LogP contribution in [-0.2, 0) is 4.79 Å². The Labute approximate surface area is 122 Å². The number of para-hydroxylation sites is 1. The highest BCUT2D eigenvalue weighted by Crippen LogP contribution is 2.25. The molecule has 5 nitrogen and oxygen atoms in total. The number of hydrogen-bond acceptors (Lipinski definition) is 5. The molecule has 2 rings (SSSR count). The number of rotatable bonds is 5. The van der Waals surface area contributed by atoms with E-state index < -0.39 is 0 Å². The van der Waals surface area contributed by atoms with Crippen LogP contribution < -0.4 is 10.1 Å². The van der Waals surface area contributed by atoms with Crippen molar-refractivity contribution in [1.82, 2.24) is 10.2 Å². The molecule has 20 heavy (non-hydrogen) atoms. The molecule has 1 aromatic carbocycles. The maximum absolute atomic E-state index is 11.8. The van der Waals surface area contributed by atoms with Crippen LogP contribution in [0.1, 0.15) is 30.3 Å². The molecule has 0 unspecified atom stereocenters. The van der Waals surface area contributed by atoms with Gasteiger partial charge in [-0.05, 0) is 24.5 Å². The molecule has 0 fully saturated rings. The van der Waals surface area contributed by atoms with E-state index in [4.69, 9.17) is 4.74 Å². The molecule has 0 saturated carbocycles. The van der Waals surface area contributed by atoms with Gasteiger partial charge in [0.2, 0.25) is 5.13 Å². The van der Waals surface area contributed by atoms with Crippen LogP contribution in [0.15, 0.2) is 24.3 Å². The third-order valence-corrected chi connectivity index (χ3v) is 3.43. The largest absolute Gasteiger partial charge is 0.483 e. The van der Waals surface area contributed by atoms with Crippen molar-refractivity contribution in [3.05, 3.63) is 34.8 Å². The van der Waals surface area contributed by atoms with Crippen LogP contribution in [0.4, 0.5) is 5.13 Å². The number of amides is 1. The van der Waals surface area contributed by atoms with Gasteiger partial charge in [0.05, 0.1) is 0 Å². The van der Waals surface area contributed by atoms with Gasteiger partial charge in [0, 0.05) is 0 Å². The van der Waals surface area contributed by atoms with Crippen molar-refractivity contribution in [3.63, 3.8) is 0 Å². The van der Waals surface area contributed by atoms with Gasteiger partial charge in [-0.2, -0.15) is 0 Å². The van der Waals surface area contributed by atoms with Gasteiger partial charge in [0.15, 0.2) is 6.61 Å². The summed E-state index contributed by atoms with van der Waals surface area (Å²) in [6, 6.07) is 7.74. The number of nitrogens with one attached hydrogen (secondary N) is 1. The van der Waals surface area contributed by atoms with Gasteiger partial charge < -0.3 is 4.74 Å². The van der Waals surface area contributed by atoms with Crippen LogP contribution in [0.3, 0.4) is 0 Å². The third-order valence-electron chi connectivity index (χ3n) is 2.67. The molecular weight excluding hydrogens is 274 g/mol. The van der Waals surface area contributed by atoms with E-state index in [1.807, 2.05) is 31.2 Å². The average molecular weight is 291 g/mol. The Morgan fingerprint density at radius 2 is 2.10 bits per heavy atom. The van der Waals surface area contributed by atoms with Gasteiger partial charge in [-0.3, -0.25) is 10.1 Å². The van der Waals surface area contributed by atoms with E-state index in [2.05, 4.69) is 29.4 Å². The number of aromatic nitrogens is 2. The number of carbonyl (C=O) groups is 1. The lowest BCUT2D eigenvalue weighted by molar-refractivity contribution is -0.118. The van der Waals surface area contributed by atoms with E-state index >= 15 is 0 Å². The highest BCUT2D eigenvalue weighted by Gasteiger charge is 2.10. The first kappa shape index (κ1) is 14.5. The summed E-state index contributed by atoms with van der Waals surface area (Å²) in [5, 5.41) is 11.6. The molecule has 0 atom stereocenters. The van der Waals surface area contributed by atoms with Crippen molar-refractivity contribution >= 4 is 22.4 Å². The first-order valence-corrected chi connectivity index (χ1v) is 7.19. The minimum absolute atomic E-state index is 0.0393. The maximum Gasteiger partial charge on any atom is 0.264 e. The van der Waals surface area contributed by atoms with Crippen molar-refractivity contribution in [2.75, 3.05) is 11.9 Å². The molecule has 0 radical (unpaired) electrons. The summed E-state index contributed by atoms with van der Waals surface area (Å²) in [6.07, 6.45) is 0. The molecule has 0 bridgehead atoms. The summed E-state index contributed by atoms with van der Waals surface area (Å²) >= 11 is 1.34. The molecule has 0 aliphatic rings. The highest BCUT2D eigenvalue weighted by atomic mass is 32.1. The lowest BCUT2D eigenvalue weighted by Crippen LogP contribution is -2.20. The number of nitrogens with zero attached hydrogens (tertiary/aromatic N) is 2. The fourth-order valence-electron chi connectivity index (χ4n) is 1.73. The van der Waals surface area contributed by atoms with Gasteiger partial charge in [-0.15, -0.1) is 10.2 Å². The van der Waals surface area contributed by atoms with Crippen molar-refractivity contribution < 1.29 is 9.53 Å². The second kappa shape index (κ2) is 6.47. The third kappa shape index (κ3) is 3.77. The summed E-state index contributed by atoms with van der Waals surface area (Å²) in [5.41, 5.74) is 1.09. The quantitative estimate of drug-likeness (QED) is 0.919. The molecule has 0 saturated heterocycles. The summed E-state index contributed by atoms with van der Waals surface area (Å²) < 4.78 is 5.58. The minimum atomic E-state index is -0.236. The smallest absolute Gasteiger partial charge is 0.264 e. The van der Waals surface area contributed by atoms with Gasteiger partial charge in [-0.25, -0.2) is 0 Å². The Hall–Kier alpha value is -1.95. The number of aryl methyl sites for hydroxylation is 1. The van der Waals surface area contributed by atoms with Gasteiger partial charge >= 0.3 is 0 Å². The van der Waals surface area contributed by atoms with E-state index in [0.29, 0.717) is 11.0 Å². The molecule has 1 heterocycles. The summed E-state index contributed by atoms with van der Waals surface area (Å²) in [4.78, 5) is 11.8. The minimum Gasteiger partial charge on any atom is -0.483 e. The molecule has 0 aliphatic heterocycles. The fourth-order valence-corrected chi connectivity index (χ4v) is 2.34. The predicted molar refractivity (Wildman–Crippen MR) is 79.3 cm³/mol. The van der Waals surface area contributed by atoms with Gasteiger partial charge in [0.25, 0.3) is 5.91 Å². The second-order valence-electron chi connectivity index (χ2n) is 4.66. The van der Waals surface area contributed by atoms with Crippen LogP contribution in [0.5, 0.6) is 5.75 Å². The number of carbonyl (C=O) groups excluding carboxylic acids is 1. The normalized spacial score (nSPS) is 10.6. The molecule has 6 heteroatoms. The maximum atomic E-state index is 11.8. The van der Waals surface area contributed by atoms with Gasteiger partial charge in [-0.1, -0.05) is 43.4 Å². The zero-order valence-corrected chi connectivity index (χ0v) is 12.5. The molecule has 1 N–H and O–H groups in total. The number of benzene rings is 1. The fraction of sp³-hybridized carbons (Fsp3) is 0.357. The van der Waals surface area contributed by atoms with E-state index in [1.54, 1.807) is 0 Å². The average Bonchev–Trinajstić information content (AvgIpc) is 2.82. The second-order valence-corrected chi connectivity index (χ2v) is 5.84. The molecule has 1 aromatic heterocycles. The topological polar surface area (TPSA) is 64.1 Å². The number of anilines is 1. The monoisotopic (exact) mass is 291 g/mol. The van der Waals surface area contributed by atoms with E-state index in [-0.39, 0.29) is 12.5 Å². The van der Waals surface area contributed by atoms with Crippen molar-refractivity contribution in [2.45, 2.75) is 26.7 Å². The Morgan fingerprint density at radius 3 is 2.75 bits per heavy atom. The SMILES string of the molecule is Cc1nnc(NC(=O)COc2ccccc2C(C)C)s1. The zero-order valence-electron chi connectivity index (χ0n) is 11.7. The van der Waals surface area contributed by atoms with Gasteiger partial charge in [0.1, 0.15) is 10.8 Å². The lowest BCUT2D eigenvalue weighted by atomic mass is 10.0. The van der Waals surface area contributed by atoms with Crippen molar-refractivity contribution in [2.24, 2.45) is 0 Å². The Bertz CT molecular complexity index is 596. The Kier molecular flexibility index (Phi) is 4.68. The lowest BCUT2D eigenvalue weighted by Gasteiger charge is -2.13. The summed E-state index contributed by atoms with van der Waals surface area (Å²) in [6.45, 7) is 5.98. The van der Waals surface area contributed by atoms with Crippen molar-refractivity contribution in [1.29, 1.82) is 0 Å². The molecule has 106 valence electrons. The van der Waals surface area contributed by atoms with E-state index in [9.17, 15) is 4.79 Å². The zero-order chi connectivity index (χ0) is 14.5. The van der Waals surface area contributed by atoms with E-state index in [1.165, 1.54) is 11.3 Å². The predicted octanol–water partition coefficient (Wildman–Crippen LogP) is 2.99. The van der Waals surface area contributed by atoms with Crippen LogP contribution in [-0.4, -0.2) is 22.7 Å². The Morgan fingerprint density at radius 1 is 1.35 bits per heavy atom. The van der Waals surface area contributed by atoms with E-state index in [0.717, 1.165) is 16.3 Å². The van der Waals surface area contributed by atoms with Crippen LogP contribution in [0.25, 0.3) is 0 Å². The van der Waals surface area contributed by atoms with Crippen LogP contribution >= 0.6 is 11.3 Å². The molecule has 2 aromatic rings.